The van der Waals surface area contributed by atoms with Crippen molar-refractivity contribution in [3.63, 3.8) is 0 Å². The van der Waals surface area contributed by atoms with Crippen molar-refractivity contribution < 1.29 is 4.68 Å². The van der Waals surface area contributed by atoms with Gasteiger partial charge in [-0.25, -0.2) is 0 Å². The first-order valence-corrected chi connectivity index (χ1v) is 7.88. The van der Waals surface area contributed by atoms with E-state index < -0.39 is 0 Å². The molecular weight excluding hydrogens is 347 g/mol. The van der Waals surface area contributed by atoms with E-state index in [1.807, 2.05) is 0 Å². The fraction of sp³-hybridized carbons (Fsp3) is 0.438. The van der Waals surface area contributed by atoms with Gasteiger partial charge in [-0.1, -0.05) is 45.9 Å². The van der Waals surface area contributed by atoms with Crippen LogP contribution >= 0.6 is 22.6 Å². The number of rotatable bonds is 3. The van der Waals surface area contributed by atoms with Gasteiger partial charge in [0.1, 0.15) is 15.0 Å². The van der Waals surface area contributed by atoms with Gasteiger partial charge in [0.2, 0.25) is 5.69 Å². The molecule has 0 saturated heterocycles. The number of hydrogen-bond donors (Lipinski definition) is 0. The maximum atomic E-state index is 2.50. The summed E-state index contributed by atoms with van der Waals surface area (Å²) in [7, 11) is 2.16. The highest BCUT2D eigenvalue weighted by Crippen LogP contribution is 2.29. The Labute approximate surface area is 129 Å². The van der Waals surface area contributed by atoms with E-state index in [9.17, 15) is 0 Å². The van der Waals surface area contributed by atoms with Crippen molar-refractivity contribution in [3.05, 3.63) is 45.3 Å². The van der Waals surface area contributed by atoms with Crippen molar-refractivity contribution in [3.8, 4) is 5.69 Å². The summed E-state index contributed by atoms with van der Waals surface area (Å²) < 4.78 is 6.05. The third kappa shape index (κ3) is 2.57. The highest BCUT2D eigenvalue weighted by molar-refractivity contribution is 14.1. The molecule has 3 heteroatoms. The van der Waals surface area contributed by atoms with Crippen LogP contribution in [-0.2, 0) is 7.05 Å². The van der Waals surface area contributed by atoms with E-state index >= 15 is 0 Å². The smallest absolute Gasteiger partial charge is 0.124 e. The first kappa shape index (κ1) is 14.6. The van der Waals surface area contributed by atoms with Crippen LogP contribution < -0.4 is 4.68 Å². The standard InChI is InChI=1S/C16H22IN2/c1-11(2)15-14(17)16(12(3)4)19(18(15)5)13-9-7-6-8-10-13/h6-12H,1-5H3/q+1. The Bertz CT molecular complexity index is 568. The normalized spacial score (nSPS) is 11.6. The average Bonchev–Trinajstić information content (AvgIpc) is 2.61. The maximum Gasteiger partial charge on any atom is 0.224 e. The summed E-state index contributed by atoms with van der Waals surface area (Å²) in [5, 5.41) is 0. The minimum absolute atomic E-state index is 0.505. The summed E-state index contributed by atoms with van der Waals surface area (Å²) >= 11 is 2.50. The van der Waals surface area contributed by atoms with Gasteiger partial charge in [-0.05, 0) is 34.7 Å². The molecule has 0 atom stereocenters. The summed E-state index contributed by atoms with van der Waals surface area (Å²) in [5.41, 5.74) is 4.05. The van der Waals surface area contributed by atoms with Crippen molar-refractivity contribution in [2.75, 3.05) is 0 Å². The number of halogens is 1. The van der Waals surface area contributed by atoms with Crippen LogP contribution in [0.4, 0.5) is 0 Å². The van der Waals surface area contributed by atoms with Crippen molar-refractivity contribution in [2.24, 2.45) is 7.05 Å². The van der Waals surface area contributed by atoms with Gasteiger partial charge < -0.3 is 0 Å². The van der Waals surface area contributed by atoms with Gasteiger partial charge in [-0.3, -0.25) is 0 Å². The van der Waals surface area contributed by atoms with Crippen LogP contribution in [0.1, 0.15) is 50.9 Å². The Morgan fingerprint density at radius 2 is 1.58 bits per heavy atom. The molecule has 1 aromatic heterocycles. The van der Waals surface area contributed by atoms with E-state index in [0.29, 0.717) is 11.8 Å². The van der Waals surface area contributed by atoms with Crippen LogP contribution in [0.3, 0.4) is 0 Å². The molecule has 0 fully saturated rings. The van der Waals surface area contributed by atoms with E-state index in [-0.39, 0.29) is 0 Å². The zero-order valence-corrected chi connectivity index (χ0v) is 14.5. The largest absolute Gasteiger partial charge is 0.224 e. The lowest BCUT2D eigenvalue weighted by Crippen LogP contribution is -2.42. The van der Waals surface area contributed by atoms with Crippen molar-refractivity contribution >= 4 is 22.6 Å². The summed E-state index contributed by atoms with van der Waals surface area (Å²) in [5.74, 6) is 1.03. The molecule has 19 heavy (non-hydrogen) atoms. The molecule has 2 rings (SSSR count). The van der Waals surface area contributed by atoms with E-state index in [1.165, 1.54) is 20.6 Å². The molecule has 0 unspecified atom stereocenters. The molecule has 0 radical (unpaired) electrons. The fourth-order valence-electron chi connectivity index (χ4n) is 2.64. The molecule has 2 aromatic rings. The average molecular weight is 369 g/mol. The predicted octanol–water partition coefficient (Wildman–Crippen LogP) is 4.15. The Hall–Kier alpha value is -0.840. The molecule has 0 aliphatic rings. The molecule has 0 bridgehead atoms. The monoisotopic (exact) mass is 369 g/mol. The minimum atomic E-state index is 0.505. The lowest BCUT2D eigenvalue weighted by atomic mass is 10.1. The zero-order valence-electron chi connectivity index (χ0n) is 12.3. The van der Waals surface area contributed by atoms with Gasteiger partial charge in [0.15, 0.2) is 7.05 Å². The van der Waals surface area contributed by atoms with Gasteiger partial charge in [-0.15, -0.1) is 9.36 Å². The van der Waals surface area contributed by atoms with Crippen LogP contribution in [-0.4, -0.2) is 4.68 Å². The van der Waals surface area contributed by atoms with E-state index in [1.54, 1.807) is 0 Å². The first-order chi connectivity index (χ1) is 8.95. The SMILES string of the molecule is CC(C)c1c(I)c(C(C)C)[n+](C)n1-c1ccccc1. The molecule has 2 nitrogen and oxygen atoms in total. The lowest BCUT2D eigenvalue weighted by Gasteiger charge is -2.08. The predicted molar refractivity (Wildman–Crippen MR) is 87.8 cm³/mol. The fourth-order valence-corrected chi connectivity index (χ4v) is 4.47. The Morgan fingerprint density at radius 1 is 1.00 bits per heavy atom. The van der Waals surface area contributed by atoms with Crippen LogP contribution in [0.5, 0.6) is 0 Å². The third-order valence-electron chi connectivity index (χ3n) is 3.42. The molecule has 1 aromatic carbocycles. The molecule has 102 valence electrons. The van der Waals surface area contributed by atoms with Crippen LogP contribution in [0, 0.1) is 3.57 Å². The highest BCUT2D eigenvalue weighted by Gasteiger charge is 2.30. The summed E-state index contributed by atoms with van der Waals surface area (Å²) in [6, 6.07) is 10.6. The van der Waals surface area contributed by atoms with E-state index in [2.05, 4.69) is 97.0 Å². The van der Waals surface area contributed by atoms with Crippen LogP contribution in [0.15, 0.2) is 30.3 Å². The lowest BCUT2D eigenvalue weighted by molar-refractivity contribution is -0.752. The van der Waals surface area contributed by atoms with Gasteiger partial charge in [0.25, 0.3) is 0 Å². The second kappa shape index (κ2) is 5.65. The zero-order chi connectivity index (χ0) is 14.2. The number of hydrogen-bond acceptors (Lipinski definition) is 0. The molecular formula is C16H22IN2+. The Balaban J connectivity index is 2.76. The van der Waals surface area contributed by atoms with Gasteiger partial charge in [0.05, 0.1) is 0 Å². The number of nitrogens with zero attached hydrogens (tertiary/aromatic N) is 2. The molecule has 0 saturated carbocycles. The number of benzene rings is 1. The van der Waals surface area contributed by atoms with E-state index in [0.717, 1.165) is 0 Å². The molecule has 0 N–H and O–H groups in total. The van der Waals surface area contributed by atoms with Crippen molar-refractivity contribution in [1.82, 2.24) is 4.68 Å². The quantitative estimate of drug-likeness (QED) is 0.568. The van der Waals surface area contributed by atoms with Crippen LogP contribution in [0.25, 0.3) is 5.69 Å². The summed E-state index contributed by atoms with van der Waals surface area (Å²) in [6.07, 6.45) is 0. The summed E-state index contributed by atoms with van der Waals surface area (Å²) in [6.45, 7) is 9.05. The van der Waals surface area contributed by atoms with Gasteiger partial charge in [-0.2, -0.15) is 0 Å². The Kier molecular flexibility index (Phi) is 4.33. The molecule has 0 aliphatic carbocycles. The Morgan fingerprint density at radius 3 is 2.05 bits per heavy atom. The molecule has 0 spiro atoms. The summed E-state index contributed by atoms with van der Waals surface area (Å²) in [4.78, 5) is 0. The van der Waals surface area contributed by atoms with Gasteiger partial charge in [0, 0.05) is 11.8 Å². The second-order valence-corrected chi connectivity index (χ2v) is 6.64. The van der Waals surface area contributed by atoms with E-state index in [4.69, 9.17) is 0 Å². The maximum absolute atomic E-state index is 2.50. The highest BCUT2D eigenvalue weighted by atomic mass is 127. The van der Waals surface area contributed by atoms with Crippen molar-refractivity contribution in [2.45, 2.75) is 39.5 Å². The number of aromatic nitrogens is 2. The van der Waals surface area contributed by atoms with Gasteiger partial charge >= 0.3 is 0 Å². The second-order valence-electron chi connectivity index (χ2n) is 5.56. The minimum Gasteiger partial charge on any atom is -0.124 e. The first-order valence-electron chi connectivity index (χ1n) is 6.80. The molecule has 0 aliphatic heterocycles. The topological polar surface area (TPSA) is 8.81 Å². The van der Waals surface area contributed by atoms with Crippen molar-refractivity contribution in [1.29, 1.82) is 0 Å². The number of para-hydroxylation sites is 1. The molecule has 1 heterocycles. The van der Waals surface area contributed by atoms with Crippen LogP contribution in [0.2, 0.25) is 0 Å². The third-order valence-corrected chi connectivity index (χ3v) is 4.53. The molecule has 0 amide bonds.